The summed E-state index contributed by atoms with van der Waals surface area (Å²) < 4.78 is 5.21. The Bertz CT molecular complexity index is 320. The first kappa shape index (κ1) is 19.2. The van der Waals surface area contributed by atoms with Crippen LogP contribution in [0.25, 0.3) is 0 Å². The van der Waals surface area contributed by atoms with Crippen LogP contribution in [0.5, 0.6) is 0 Å². The zero-order chi connectivity index (χ0) is 16.6. The van der Waals surface area contributed by atoms with Gasteiger partial charge in [-0.15, -0.1) is 0 Å². The van der Waals surface area contributed by atoms with Crippen molar-refractivity contribution < 1.29 is 9.53 Å². The van der Waals surface area contributed by atoms with E-state index in [1.54, 1.807) is 0 Å². The zero-order valence-corrected chi connectivity index (χ0v) is 15.1. The van der Waals surface area contributed by atoms with Crippen molar-refractivity contribution >= 4 is 6.09 Å². The van der Waals surface area contributed by atoms with E-state index in [0.29, 0.717) is 12.6 Å². The van der Waals surface area contributed by atoms with Gasteiger partial charge in [-0.25, -0.2) is 4.79 Å². The molecule has 1 amide bonds. The van der Waals surface area contributed by atoms with Crippen molar-refractivity contribution in [3.05, 3.63) is 0 Å². The number of carbonyl (C=O) groups is 1. The summed E-state index contributed by atoms with van der Waals surface area (Å²) in [5.74, 6) is 0.745. The minimum Gasteiger partial charge on any atom is -0.444 e. The monoisotopic (exact) mass is 313 g/mol. The lowest BCUT2D eigenvalue weighted by atomic mass is 9.90. The maximum Gasteiger partial charge on any atom is 0.407 e. The number of hydrogen-bond acceptors (Lipinski definition) is 4. The van der Waals surface area contributed by atoms with Crippen molar-refractivity contribution in [2.24, 2.45) is 5.92 Å². The van der Waals surface area contributed by atoms with Crippen LogP contribution in [0.1, 0.15) is 53.9 Å². The van der Waals surface area contributed by atoms with E-state index in [0.717, 1.165) is 12.5 Å². The van der Waals surface area contributed by atoms with Crippen molar-refractivity contribution in [2.75, 3.05) is 32.7 Å². The fourth-order valence-electron chi connectivity index (χ4n) is 2.94. The fourth-order valence-corrected chi connectivity index (χ4v) is 2.94. The SMILES string of the molecule is CCCN1CCC(C(C)NCCNC(=O)OC(C)(C)C)CC1. The molecule has 1 aliphatic heterocycles. The summed E-state index contributed by atoms with van der Waals surface area (Å²) in [6, 6.07) is 0.504. The van der Waals surface area contributed by atoms with Crippen LogP contribution in [0.15, 0.2) is 0 Å². The van der Waals surface area contributed by atoms with Gasteiger partial charge in [0.1, 0.15) is 5.60 Å². The lowest BCUT2D eigenvalue weighted by Crippen LogP contribution is -2.44. The summed E-state index contributed by atoms with van der Waals surface area (Å²) >= 11 is 0. The Morgan fingerprint density at radius 2 is 1.91 bits per heavy atom. The molecule has 0 aliphatic carbocycles. The highest BCUT2D eigenvalue weighted by Gasteiger charge is 2.23. The number of likely N-dealkylation sites (tertiary alicyclic amines) is 1. The molecule has 0 radical (unpaired) electrons. The highest BCUT2D eigenvalue weighted by atomic mass is 16.6. The summed E-state index contributed by atoms with van der Waals surface area (Å²) in [5.41, 5.74) is -0.433. The van der Waals surface area contributed by atoms with E-state index >= 15 is 0 Å². The van der Waals surface area contributed by atoms with Crippen molar-refractivity contribution in [3.63, 3.8) is 0 Å². The van der Waals surface area contributed by atoms with Gasteiger partial charge in [0.2, 0.25) is 0 Å². The summed E-state index contributed by atoms with van der Waals surface area (Å²) in [4.78, 5) is 14.1. The topological polar surface area (TPSA) is 53.6 Å². The first-order valence-corrected chi connectivity index (χ1v) is 8.74. The minimum atomic E-state index is -0.433. The lowest BCUT2D eigenvalue weighted by Gasteiger charge is -2.35. The van der Waals surface area contributed by atoms with Crippen molar-refractivity contribution in [3.8, 4) is 0 Å². The third-order valence-electron chi connectivity index (χ3n) is 4.14. The van der Waals surface area contributed by atoms with Gasteiger partial charge in [-0.2, -0.15) is 0 Å². The first-order chi connectivity index (χ1) is 10.3. The number of amides is 1. The average molecular weight is 313 g/mol. The number of nitrogens with one attached hydrogen (secondary N) is 2. The predicted octanol–water partition coefficient (Wildman–Crippen LogP) is 2.61. The highest BCUT2D eigenvalue weighted by Crippen LogP contribution is 2.20. The molecule has 22 heavy (non-hydrogen) atoms. The molecule has 0 aromatic rings. The Morgan fingerprint density at radius 3 is 2.45 bits per heavy atom. The van der Waals surface area contributed by atoms with Crippen LogP contribution in [0.2, 0.25) is 0 Å². The van der Waals surface area contributed by atoms with Gasteiger partial charge in [-0.1, -0.05) is 6.92 Å². The third kappa shape index (κ3) is 7.99. The van der Waals surface area contributed by atoms with E-state index in [-0.39, 0.29) is 6.09 Å². The number of rotatable bonds is 7. The van der Waals surface area contributed by atoms with Crippen molar-refractivity contribution in [2.45, 2.75) is 65.5 Å². The predicted molar refractivity (Wildman–Crippen MR) is 91.2 cm³/mol. The Morgan fingerprint density at radius 1 is 1.27 bits per heavy atom. The van der Waals surface area contributed by atoms with Crippen molar-refractivity contribution in [1.29, 1.82) is 0 Å². The molecule has 1 aliphatic rings. The van der Waals surface area contributed by atoms with Gasteiger partial charge in [0, 0.05) is 19.1 Å². The maximum absolute atomic E-state index is 11.5. The summed E-state index contributed by atoms with van der Waals surface area (Å²) in [5, 5.41) is 6.32. The molecular formula is C17H35N3O2. The molecule has 1 rings (SSSR count). The molecule has 0 bridgehead atoms. The third-order valence-corrected chi connectivity index (χ3v) is 4.14. The standard InChI is InChI=1S/C17H35N3O2/c1-6-11-20-12-7-15(8-13-20)14(2)18-9-10-19-16(21)22-17(3,4)5/h14-15,18H,6-13H2,1-5H3,(H,19,21). The molecule has 1 unspecified atom stereocenters. The highest BCUT2D eigenvalue weighted by molar-refractivity contribution is 5.67. The molecule has 0 aromatic carbocycles. The minimum absolute atomic E-state index is 0.338. The van der Waals surface area contributed by atoms with E-state index in [1.807, 2.05) is 20.8 Å². The van der Waals surface area contributed by atoms with Crippen LogP contribution in [0, 0.1) is 5.92 Å². The molecule has 2 N–H and O–H groups in total. The van der Waals surface area contributed by atoms with E-state index in [2.05, 4.69) is 29.4 Å². The van der Waals surface area contributed by atoms with Crippen LogP contribution in [0.3, 0.4) is 0 Å². The molecule has 1 saturated heterocycles. The Balaban J connectivity index is 2.11. The van der Waals surface area contributed by atoms with Crippen LogP contribution in [-0.2, 0) is 4.74 Å². The number of carbonyl (C=O) groups excluding carboxylic acids is 1. The maximum atomic E-state index is 11.5. The van der Waals surface area contributed by atoms with Gasteiger partial charge in [-0.3, -0.25) is 0 Å². The van der Waals surface area contributed by atoms with Gasteiger partial charge in [-0.05, 0) is 72.5 Å². The lowest BCUT2D eigenvalue weighted by molar-refractivity contribution is 0.0527. The summed E-state index contributed by atoms with van der Waals surface area (Å²) in [7, 11) is 0. The van der Waals surface area contributed by atoms with E-state index in [4.69, 9.17) is 4.74 Å². The van der Waals surface area contributed by atoms with Crippen LogP contribution < -0.4 is 10.6 Å². The summed E-state index contributed by atoms with van der Waals surface area (Å²) in [6.07, 6.45) is 3.45. The Hall–Kier alpha value is -0.810. The number of nitrogens with zero attached hydrogens (tertiary/aromatic N) is 1. The molecule has 1 heterocycles. The Kier molecular flexibility index (Phi) is 8.18. The normalized spacial score (nSPS) is 19.0. The summed E-state index contributed by atoms with van der Waals surface area (Å²) in [6.45, 7) is 15.2. The van der Waals surface area contributed by atoms with Crippen molar-refractivity contribution in [1.82, 2.24) is 15.5 Å². The van der Waals surface area contributed by atoms with Gasteiger partial charge in [0.25, 0.3) is 0 Å². The second-order valence-electron chi connectivity index (χ2n) is 7.35. The fraction of sp³-hybridized carbons (Fsp3) is 0.941. The van der Waals surface area contributed by atoms with Gasteiger partial charge in [0.15, 0.2) is 0 Å². The van der Waals surface area contributed by atoms with Gasteiger partial charge < -0.3 is 20.3 Å². The molecule has 5 nitrogen and oxygen atoms in total. The average Bonchev–Trinajstić information content (AvgIpc) is 2.42. The second kappa shape index (κ2) is 9.36. The largest absolute Gasteiger partial charge is 0.444 e. The zero-order valence-electron chi connectivity index (χ0n) is 15.1. The van der Waals surface area contributed by atoms with E-state index in [1.165, 1.54) is 38.9 Å². The molecule has 1 atom stereocenters. The smallest absolute Gasteiger partial charge is 0.407 e. The van der Waals surface area contributed by atoms with E-state index < -0.39 is 5.60 Å². The Labute approximate surface area is 136 Å². The first-order valence-electron chi connectivity index (χ1n) is 8.74. The molecule has 0 spiro atoms. The van der Waals surface area contributed by atoms with Gasteiger partial charge >= 0.3 is 6.09 Å². The quantitative estimate of drug-likeness (QED) is 0.710. The van der Waals surface area contributed by atoms with Gasteiger partial charge in [0.05, 0.1) is 0 Å². The second-order valence-corrected chi connectivity index (χ2v) is 7.35. The van der Waals surface area contributed by atoms with Crippen LogP contribution >= 0.6 is 0 Å². The van der Waals surface area contributed by atoms with Crippen LogP contribution in [-0.4, -0.2) is 55.4 Å². The molecule has 130 valence electrons. The van der Waals surface area contributed by atoms with Crippen LogP contribution in [0.4, 0.5) is 4.79 Å². The molecule has 0 aromatic heterocycles. The number of hydrogen-bond donors (Lipinski definition) is 2. The number of piperidine rings is 1. The molecule has 5 heteroatoms. The molecule has 1 fully saturated rings. The number of ether oxygens (including phenoxy) is 1. The molecular weight excluding hydrogens is 278 g/mol. The number of alkyl carbamates (subject to hydrolysis) is 1. The molecule has 0 saturated carbocycles. The van der Waals surface area contributed by atoms with E-state index in [9.17, 15) is 4.79 Å².